The number of carbonyl (C=O) groups is 1. The second kappa shape index (κ2) is 8.39. The summed E-state index contributed by atoms with van der Waals surface area (Å²) in [6.45, 7) is 5.01. The van der Waals surface area contributed by atoms with E-state index in [1.165, 1.54) is 11.8 Å². The Kier molecular flexibility index (Phi) is 6.95. The first-order valence-electron chi connectivity index (χ1n) is 8.11. The van der Waals surface area contributed by atoms with Crippen molar-refractivity contribution in [1.82, 2.24) is 19.8 Å². The van der Waals surface area contributed by atoms with Crippen molar-refractivity contribution < 1.29 is 9.90 Å². The molecular formula is C16H24Cl2N4O2S. The zero-order valence-corrected chi connectivity index (χ0v) is 17.2. The van der Waals surface area contributed by atoms with Crippen molar-refractivity contribution in [1.29, 1.82) is 0 Å². The molecule has 0 aliphatic carbocycles. The molecule has 1 atom stereocenters. The normalized spacial score (nSPS) is 18.6. The number of hydrogen-bond acceptors (Lipinski definition) is 6. The standard InChI is InChI=1S/C16H24Cl2N4O2S/c1-16(2,24)9-22(8-10-6-5-7-21(10)3)14(23)11-12(17)19-15(25-4)20-13(11)18/h10,24H,5-9H2,1-4H3/t10-/m0/s1. The Bertz CT molecular complexity index is 616. The van der Waals surface area contributed by atoms with Crippen molar-refractivity contribution in [2.75, 3.05) is 32.9 Å². The van der Waals surface area contributed by atoms with Gasteiger partial charge in [-0.3, -0.25) is 4.79 Å². The van der Waals surface area contributed by atoms with Gasteiger partial charge in [0.1, 0.15) is 15.9 Å². The highest BCUT2D eigenvalue weighted by Crippen LogP contribution is 2.27. The zero-order chi connectivity index (χ0) is 18.8. The van der Waals surface area contributed by atoms with Gasteiger partial charge in [0.25, 0.3) is 5.91 Å². The number of carbonyl (C=O) groups excluding carboxylic acids is 1. The van der Waals surface area contributed by atoms with Crippen LogP contribution in [0.5, 0.6) is 0 Å². The van der Waals surface area contributed by atoms with E-state index in [4.69, 9.17) is 23.2 Å². The number of halogens is 2. The molecule has 0 radical (unpaired) electrons. The van der Waals surface area contributed by atoms with Crippen LogP contribution < -0.4 is 0 Å². The average Bonchev–Trinajstić information content (AvgIpc) is 2.89. The number of likely N-dealkylation sites (N-methyl/N-ethyl adjacent to an activating group) is 1. The maximum atomic E-state index is 13.1. The summed E-state index contributed by atoms with van der Waals surface area (Å²) in [4.78, 5) is 25.1. The zero-order valence-electron chi connectivity index (χ0n) is 14.9. The summed E-state index contributed by atoms with van der Waals surface area (Å²) in [6.07, 6.45) is 3.91. The second-order valence-electron chi connectivity index (χ2n) is 6.94. The van der Waals surface area contributed by atoms with Gasteiger partial charge < -0.3 is 14.9 Å². The van der Waals surface area contributed by atoms with Gasteiger partial charge in [0.2, 0.25) is 0 Å². The van der Waals surface area contributed by atoms with E-state index in [1.807, 2.05) is 7.05 Å². The van der Waals surface area contributed by atoms with Crippen LogP contribution in [-0.2, 0) is 0 Å². The van der Waals surface area contributed by atoms with Crippen LogP contribution in [0.2, 0.25) is 10.3 Å². The second-order valence-corrected chi connectivity index (χ2v) is 8.43. The first-order valence-corrected chi connectivity index (χ1v) is 10.1. The van der Waals surface area contributed by atoms with Gasteiger partial charge in [-0.15, -0.1) is 0 Å². The van der Waals surface area contributed by atoms with Gasteiger partial charge in [0, 0.05) is 19.1 Å². The molecule has 2 heterocycles. The molecule has 1 aliphatic rings. The van der Waals surface area contributed by atoms with E-state index in [1.54, 1.807) is 25.0 Å². The average molecular weight is 407 g/mol. The number of thioether (sulfide) groups is 1. The molecule has 9 heteroatoms. The Balaban J connectivity index is 2.31. The highest BCUT2D eigenvalue weighted by molar-refractivity contribution is 7.98. The minimum atomic E-state index is -1.04. The SMILES string of the molecule is CSc1nc(Cl)c(C(=O)N(C[C@@H]2CCCN2C)CC(C)(C)O)c(Cl)n1. The monoisotopic (exact) mass is 406 g/mol. The molecule has 1 amide bonds. The number of likely N-dealkylation sites (tertiary alicyclic amines) is 1. The lowest BCUT2D eigenvalue weighted by Gasteiger charge is -2.33. The molecule has 0 spiro atoms. The van der Waals surface area contributed by atoms with Crippen LogP contribution >= 0.6 is 35.0 Å². The van der Waals surface area contributed by atoms with Gasteiger partial charge in [-0.25, -0.2) is 9.97 Å². The van der Waals surface area contributed by atoms with Crippen molar-refractivity contribution in [3.63, 3.8) is 0 Å². The van der Waals surface area contributed by atoms with E-state index in [9.17, 15) is 9.90 Å². The molecule has 1 fully saturated rings. The van der Waals surface area contributed by atoms with Crippen LogP contribution in [0.25, 0.3) is 0 Å². The predicted molar refractivity (Wildman–Crippen MR) is 102 cm³/mol. The maximum absolute atomic E-state index is 13.1. The number of nitrogens with zero attached hydrogens (tertiary/aromatic N) is 4. The van der Waals surface area contributed by atoms with Gasteiger partial charge in [0.15, 0.2) is 5.16 Å². The Morgan fingerprint density at radius 2 is 2.00 bits per heavy atom. The van der Waals surface area contributed by atoms with Crippen LogP contribution in [0.3, 0.4) is 0 Å². The third-order valence-electron chi connectivity index (χ3n) is 4.16. The summed E-state index contributed by atoms with van der Waals surface area (Å²) in [5, 5.41) is 10.7. The fourth-order valence-corrected chi connectivity index (χ4v) is 3.98. The molecule has 25 heavy (non-hydrogen) atoms. The Hall–Kier alpha value is -0.600. The maximum Gasteiger partial charge on any atom is 0.260 e. The largest absolute Gasteiger partial charge is 0.389 e. The fraction of sp³-hybridized carbons (Fsp3) is 0.688. The number of aliphatic hydroxyl groups is 1. The van der Waals surface area contributed by atoms with Gasteiger partial charge in [-0.05, 0) is 46.5 Å². The molecule has 1 aromatic rings. The third kappa shape index (κ3) is 5.44. The van der Waals surface area contributed by atoms with Crippen LogP contribution in [-0.4, -0.2) is 75.4 Å². The van der Waals surface area contributed by atoms with Crippen LogP contribution in [0.4, 0.5) is 0 Å². The van der Waals surface area contributed by atoms with E-state index < -0.39 is 5.60 Å². The van der Waals surface area contributed by atoms with E-state index in [2.05, 4.69) is 14.9 Å². The summed E-state index contributed by atoms with van der Waals surface area (Å²) in [6, 6.07) is 0.246. The number of amides is 1. The lowest BCUT2D eigenvalue weighted by Crippen LogP contribution is -2.48. The lowest BCUT2D eigenvalue weighted by molar-refractivity contribution is 0.0249. The molecule has 0 unspecified atom stereocenters. The Morgan fingerprint density at radius 1 is 1.40 bits per heavy atom. The first kappa shape index (κ1) is 20.7. The summed E-state index contributed by atoms with van der Waals surface area (Å²) >= 11 is 13.7. The number of hydrogen-bond donors (Lipinski definition) is 1. The molecule has 1 aliphatic heterocycles. The Morgan fingerprint density at radius 3 is 2.44 bits per heavy atom. The van der Waals surface area contributed by atoms with Gasteiger partial charge in [-0.2, -0.15) is 0 Å². The summed E-state index contributed by atoms with van der Waals surface area (Å²) < 4.78 is 0. The van der Waals surface area contributed by atoms with E-state index >= 15 is 0 Å². The molecule has 0 bridgehead atoms. The molecule has 2 rings (SSSR count). The first-order chi connectivity index (χ1) is 11.6. The molecular weight excluding hydrogens is 383 g/mol. The highest BCUT2D eigenvalue weighted by atomic mass is 35.5. The van der Waals surface area contributed by atoms with Gasteiger partial charge in [0.05, 0.1) is 5.60 Å². The quantitative estimate of drug-likeness (QED) is 0.444. The minimum Gasteiger partial charge on any atom is -0.389 e. The van der Waals surface area contributed by atoms with Crippen molar-refractivity contribution in [3.8, 4) is 0 Å². The van der Waals surface area contributed by atoms with Crippen molar-refractivity contribution in [2.24, 2.45) is 0 Å². The summed E-state index contributed by atoms with van der Waals surface area (Å²) in [5.41, 5.74) is -0.947. The molecule has 0 aromatic carbocycles. The summed E-state index contributed by atoms with van der Waals surface area (Å²) in [7, 11) is 2.04. The molecule has 140 valence electrons. The number of rotatable bonds is 6. The van der Waals surface area contributed by atoms with Crippen molar-refractivity contribution >= 4 is 40.9 Å². The van der Waals surface area contributed by atoms with E-state index in [0.717, 1.165) is 19.4 Å². The topological polar surface area (TPSA) is 69.6 Å². The fourth-order valence-electron chi connectivity index (χ4n) is 2.97. The van der Waals surface area contributed by atoms with Crippen LogP contribution in [0.15, 0.2) is 5.16 Å². The molecule has 6 nitrogen and oxygen atoms in total. The molecule has 1 saturated heterocycles. The number of aromatic nitrogens is 2. The molecule has 1 aromatic heterocycles. The molecule has 1 N–H and O–H groups in total. The van der Waals surface area contributed by atoms with E-state index in [-0.39, 0.29) is 34.4 Å². The third-order valence-corrected chi connectivity index (χ3v) is 5.26. The van der Waals surface area contributed by atoms with Crippen LogP contribution in [0.1, 0.15) is 37.0 Å². The van der Waals surface area contributed by atoms with E-state index in [0.29, 0.717) is 11.7 Å². The summed E-state index contributed by atoms with van der Waals surface area (Å²) in [5.74, 6) is -0.356. The van der Waals surface area contributed by atoms with Crippen molar-refractivity contribution in [3.05, 3.63) is 15.9 Å². The predicted octanol–water partition coefficient (Wildman–Crippen LogP) is 2.81. The highest BCUT2D eigenvalue weighted by Gasteiger charge is 2.32. The van der Waals surface area contributed by atoms with Crippen LogP contribution in [0, 0.1) is 0 Å². The minimum absolute atomic E-state index is 0.0369. The lowest BCUT2D eigenvalue weighted by atomic mass is 10.1. The smallest absolute Gasteiger partial charge is 0.260 e. The van der Waals surface area contributed by atoms with Gasteiger partial charge in [-0.1, -0.05) is 35.0 Å². The molecule has 0 saturated carbocycles. The Labute approximate surface area is 162 Å². The van der Waals surface area contributed by atoms with Gasteiger partial charge >= 0.3 is 0 Å². The van der Waals surface area contributed by atoms with Crippen molar-refractivity contribution in [2.45, 2.75) is 43.5 Å².